The summed E-state index contributed by atoms with van der Waals surface area (Å²) < 4.78 is 13.2. The molecule has 0 aliphatic carbocycles. The first-order valence-corrected chi connectivity index (χ1v) is 6.12. The maximum absolute atomic E-state index is 13.2. The molecule has 0 amide bonds. The molecule has 0 aliphatic heterocycles. The van der Waals surface area contributed by atoms with Crippen molar-refractivity contribution in [2.45, 2.75) is 13.5 Å². The number of aromatic nitrogens is 1. The smallest absolute Gasteiger partial charge is 0.160 e. The topological polar surface area (TPSA) is 24.9 Å². The molecule has 1 N–H and O–H groups in total. The first-order valence-electron chi connectivity index (χ1n) is 5.37. The quantitative estimate of drug-likeness (QED) is 0.843. The molecule has 94 valence electrons. The van der Waals surface area contributed by atoms with Crippen molar-refractivity contribution in [1.82, 2.24) is 4.98 Å². The van der Waals surface area contributed by atoms with E-state index in [1.54, 1.807) is 6.20 Å². The Balaban J connectivity index is 2.14. The summed E-state index contributed by atoms with van der Waals surface area (Å²) in [6.07, 6.45) is 1.73. The summed E-state index contributed by atoms with van der Waals surface area (Å²) in [6.45, 7) is 2.51. The molecule has 1 aromatic heterocycles. The van der Waals surface area contributed by atoms with Crippen LogP contribution < -0.4 is 5.32 Å². The molecule has 0 atom stereocenters. The van der Waals surface area contributed by atoms with Crippen LogP contribution in [0.3, 0.4) is 0 Å². The van der Waals surface area contributed by atoms with E-state index in [-0.39, 0.29) is 10.0 Å². The van der Waals surface area contributed by atoms with E-state index in [1.807, 2.05) is 19.1 Å². The molecule has 0 saturated carbocycles. The van der Waals surface area contributed by atoms with Gasteiger partial charge in [-0.15, -0.1) is 0 Å². The first-order chi connectivity index (χ1) is 8.58. The Morgan fingerprint density at radius 2 is 1.94 bits per heavy atom. The van der Waals surface area contributed by atoms with Crippen LogP contribution in [-0.2, 0) is 6.54 Å². The molecular formula is C13H11Cl2FN2. The van der Waals surface area contributed by atoms with E-state index in [0.29, 0.717) is 12.2 Å². The van der Waals surface area contributed by atoms with Gasteiger partial charge < -0.3 is 5.32 Å². The number of pyridine rings is 1. The van der Waals surface area contributed by atoms with Gasteiger partial charge in [-0.2, -0.15) is 0 Å². The highest BCUT2D eigenvalue weighted by molar-refractivity contribution is 6.35. The van der Waals surface area contributed by atoms with Crippen LogP contribution in [0.4, 0.5) is 10.1 Å². The molecular weight excluding hydrogens is 274 g/mol. The second-order valence-corrected chi connectivity index (χ2v) is 4.69. The third-order valence-electron chi connectivity index (χ3n) is 2.56. The zero-order valence-corrected chi connectivity index (χ0v) is 11.2. The summed E-state index contributed by atoms with van der Waals surface area (Å²) in [6, 6.07) is 6.86. The van der Waals surface area contributed by atoms with Crippen molar-refractivity contribution in [2.24, 2.45) is 0 Å². The van der Waals surface area contributed by atoms with Crippen molar-refractivity contribution in [3.63, 3.8) is 0 Å². The standard InChI is InChI=1S/C13H11Cl2FN2/c1-8-3-2-4-17-12(8)7-18-9-5-10(14)13(16)11(15)6-9/h2-6,18H,7H2,1H3. The third-order valence-corrected chi connectivity index (χ3v) is 3.11. The van der Waals surface area contributed by atoms with Gasteiger partial charge in [0.2, 0.25) is 0 Å². The van der Waals surface area contributed by atoms with E-state index < -0.39 is 5.82 Å². The lowest BCUT2D eigenvalue weighted by Crippen LogP contribution is -2.03. The van der Waals surface area contributed by atoms with E-state index in [0.717, 1.165) is 11.3 Å². The predicted octanol–water partition coefficient (Wildman–Crippen LogP) is 4.45. The van der Waals surface area contributed by atoms with Crippen molar-refractivity contribution in [2.75, 3.05) is 5.32 Å². The highest BCUT2D eigenvalue weighted by atomic mass is 35.5. The van der Waals surface area contributed by atoms with E-state index >= 15 is 0 Å². The highest BCUT2D eigenvalue weighted by Crippen LogP contribution is 2.27. The van der Waals surface area contributed by atoms with Crippen LogP contribution >= 0.6 is 23.2 Å². The molecule has 2 rings (SSSR count). The Bertz CT molecular complexity index is 550. The fourth-order valence-corrected chi connectivity index (χ4v) is 2.03. The van der Waals surface area contributed by atoms with Crippen LogP contribution in [0, 0.1) is 12.7 Å². The third kappa shape index (κ3) is 2.92. The number of aryl methyl sites for hydroxylation is 1. The molecule has 0 bridgehead atoms. The van der Waals surface area contributed by atoms with Crippen LogP contribution in [0.15, 0.2) is 30.5 Å². The molecule has 0 spiro atoms. The summed E-state index contributed by atoms with van der Waals surface area (Å²) in [5.41, 5.74) is 2.68. The molecule has 1 aromatic carbocycles. The van der Waals surface area contributed by atoms with Gasteiger partial charge in [-0.1, -0.05) is 29.3 Å². The molecule has 5 heteroatoms. The maximum atomic E-state index is 13.2. The van der Waals surface area contributed by atoms with Crippen LogP contribution in [0.25, 0.3) is 0 Å². The molecule has 0 radical (unpaired) electrons. The second-order valence-electron chi connectivity index (χ2n) is 3.87. The minimum absolute atomic E-state index is 0.00254. The monoisotopic (exact) mass is 284 g/mol. The minimum Gasteiger partial charge on any atom is -0.379 e. The first kappa shape index (κ1) is 13.1. The number of anilines is 1. The Morgan fingerprint density at radius 3 is 2.56 bits per heavy atom. The van der Waals surface area contributed by atoms with Crippen molar-refractivity contribution in [3.8, 4) is 0 Å². The molecule has 1 heterocycles. The molecule has 2 aromatic rings. The SMILES string of the molecule is Cc1cccnc1CNc1cc(Cl)c(F)c(Cl)c1. The Hall–Kier alpha value is -1.32. The highest BCUT2D eigenvalue weighted by Gasteiger charge is 2.07. The summed E-state index contributed by atoms with van der Waals surface area (Å²) in [4.78, 5) is 4.25. The second kappa shape index (κ2) is 5.55. The fourth-order valence-electron chi connectivity index (χ4n) is 1.55. The van der Waals surface area contributed by atoms with Crippen LogP contribution in [0.1, 0.15) is 11.3 Å². The van der Waals surface area contributed by atoms with E-state index in [4.69, 9.17) is 23.2 Å². The van der Waals surface area contributed by atoms with Gasteiger partial charge in [0.05, 0.1) is 22.3 Å². The fraction of sp³-hybridized carbons (Fsp3) is 0.154. The molecule has 0 saturated heterocycles. The maximum Gasteiger partial charge on any atom is 0.160 e. The van der Waals surface area contributed by atoms with Gasteiger partial charge in [-0.25, -0.2) is 4.39 Å². The number of rotatable bonds is 3. The molecule has 0 aliphatic rings. The van der Waals surface area contributed by atoms with Gasteiger partial charge in [0.15, 0.2) is 5.82 Å². The summed E-state index contributed by atoms with van der Waals surface area (Å²) in [5.74, 6) is -0.599. The average molecular weight is 285 g/mol. The number of nitrogens with one attached hydrogen (secondary N) is 1. The molecule has 0 unspecified atom stereocenters. The Labute approximate surface area is 115 Å². The largest absolute Gasteiger partial charge is 0.379 e. The van der Waals surface area contributed by atoms with Crippen LogP contribution in [0.2, 0.25) is 10.0 Å². The summed E-state index contributed by atoms with van der Waals surface area (Å²) in [7, 11) is 0. The van der Waals surface area contributed by atoms with Crippen molar-refractivity contribution >= 4 is 28.9 Å². The molecule has 2 nitrogen and oxygen atoms in total. The van der Waals surface area contributed by atoms with Gasteiger partial charge in [0.1, 0.15) is 0 Å². The predicted molar refractivity (Wildman–Crippen MR) is 72.7 cm³/mol. The van der Waals surface area contributed by atoms with Gasteiger partial charge in [-0.3, -0.25) is 4.98 Å². The van der Waals surface area contributed by atoms with Crippen LogP contribution in [-0.4, -0.2) is 4.98 Å². The van der Waals surface area contributed by atoms with Crippen molar-refractivity contribution in [3.05, 3.63) is 57.6 Å². The van der Waals surface area contributed by atoms with Crippen LogP contribution in [0.5, 0.6) is 0 Å². The van der Waals surface area contributed by atoms with Crippen molar-refractivity contribution in [1.29, 1.82) is 0 Å². The number of halogens is 3. The zero-order valence-electron chi connectivity index (χ0n) is 9.67. The van der Waals surface area contributed by atoms with Gasteiger partial charge in [0, 0.05) is 11.9 Å². The number of hydrogen-bond donors (Lipinski definition) is 1. The summed E-state index contributed by atoms with van der Waals surface area (Å²) in [5, 5.41) is 3.12. The lowest BCUT2D eigenvalue weighted by molar-refractivity contribution is 0.629. The number of benzene rings is 1. The van der Waals surface area contributed by atoms with E-state index in [1.165, 1.54) is 12.1 Å². The number of hydrogen-bond acceptors (Lipinski definition) is 2. The Morgan fingerprint density at radius 1 is 1.28 bits per heavy atom. The lowest BCUT2D eigenvalue weighted by Gasteiger charge is -2.09. The van der Waals surface area contributed by atoms with Gasteiger partial charge >= 0.3 is 0 Å². The van der Waals surface area contributed by atoms with E-state index in [9.17, 15) is 4.39 Å². The normalized spacial score (nSPS) is 10.4. The van der Waals surface area contributed by atoms with Gasteiger partial charge in [-0.05, 0) is 30.7 Å². The lowest BCUT2D eigenvalue weighted by atomic mass is 10.2. The molecule has 0 fully saturated rings. The average Bonchev–Trinajstić information content (AvgIpc) is 2.35. The number of nitrogens with zero attached hydrogens (tertiary/aromatic N) is 1. The zero-order chi connectivity index (χ0) is 13.1. The van der Waals surface area contributed by atoms with Crippen molar-refractivity contribution < 1.29 is 4.39 Å². The molecule has 18 heavy (non-hydrogen) atoms. The summed E-state index contributed by atoms with van der Waals surface area (Å²) >= 11 is 11.4. The van der Waals surface area contributed by atoms with E-state index in [2.05, 4.69) is 10.3 Å². The minimum atomic E-state index is -0.599. The Kier molecular flexibility index (Phi) is 4.04. The van der Waals surface area contributed by atoms with Gasteiger partial charge in [0.25, 0.3) is 0 Å².